The number of ether oxygens (including phenoxy) is 1. The maximum atomic E-state index is 11.0. The van der Waals surface area contributed by atoms with Gasteiger partial charge in [0.25, 0.3) is 0 Å². The number of unbranched alkanes of at least 4 members (excludes halogenated alkanes) is 2. The van der Waals surface area contributed by atoms with Crippen molar-refractivity contribution in [2.75, 3.05) is 6.61 Å². The summed E-state index contributed by atoms with van der Waals surface area (Å²) in [4.78, 5) is 24.3. The highest BCUT2D eigenvalue weighted by Crippen LogP contribution is 2.05. The molecule has 0 bridgehead atoms. The Morgan fingerprint density at radius 1 is 1.50 bits per heavy atom. The number of carbonyl (C=O) groups is 1. The van der Waals surface area contributed by atoms with Crippen LogP contribution in [0.25, 0.3) is 0 Å². The molecule has 0 spiro atoms. The third-order valence-corrected chi connectivity index (χ3v) is 2.26. The van der Waals surface area contributed by atoms with Crippen molar-refractivity contribution in [3.05, 3.63) is 16.4 Å². The van der Waals surface area contributed by atoms with Gasteiger partial charge in [-0.05, 0) is 24.7 Å². The van der Waals surface area contributed by atoms with Crippen molar-refractivity contribution in [2.24, 2.45) is 0 Å². The van der Waals surface area contributed by atoms with Crippen molar-refractivity contribution < 1.29 is 14.5 Å². The van der Waals surface area contributed by atoms with E-state index in [0.29, 0.717) is 19.6 Å². The van der Waals surface area contributed by atoms with Crippen LogP contribution in [0.2, 0.25) is 0 Å². The molecule has 0 fully saturated rings. The molecule has 18 heavy (non-hydrogen) atoms. The molecule has 0 aliphatic carbocycles. The quantitative estimate of drug-likeness (QED) is 0.301. The molecule has 0 aliphatic rings. The van der Waals surface area contributed by atoms with E-state index in [-0.39, 0.29) is 11.9 Å². The van der Waals surface area contributed by atoms with Gasteiger partial charge >= 0.3 is 11.9 Å². The van der Waals surface area contributed by atoms with Crippen molar-refractivity contribution in [2.45, 2.75) is 39.2 Å². The first kappa shape index (κ1) is 14.1. The van der Waals surface area contributed by atoms with E-state index in [9.17, 15) is 14.9 Å². The molecule has 1 heterocycles. The summed E-state index contributed by atoms with van der Waals surface area (Å²) in [7, 11) is 0. The van der Waals surface area contributed by atoms with Crippen LogP contribution in [0.4, 0.5) is 5.95 Å². The number of esters is 1. The van der Waals surface area contributed by atoms with E-state index in [0.717, 1.165) is 19.3 Å². The summed E-state index contributed by atoms with van der Waals surface area (Å²) in [5.74, 6) is -0.574. The smallest absolute Gasteiger partial charge is 0.466 e. The van der Waals surface area contributed by atoms with Crippen LogP contribution in [-0.4, -0.2) is 32.3 Å². The van der Waals surface area contributed by atoms with Crippen molar-refractivity contribution in [3.63, 3.8) is 0 Å². The molecule has 0 unspecified atom stereocenters. The lowest BCUT2D eigenvalue weighted by Crippen LogP contribution is -2.04. The predicted molar refractivity (Wildman–Crippen MR) is 61.8 cm³/mol. The zero-order valence-electron chi connectivity index (χ0n) is 10.2. The number of aryl methyl sites for hydroxylation is 1. The fourth-order valence-corrected chi connectivity index (χ4v) is 1.43. The Morgan fingerprint density at radius 3 is 2.89 bits per heavy atom. The second-order valence-electron chi connectivity index (χ2n) is 3.68. The minimum atomic E-state index is -0.628. The van der Waals surface area contributed by atoms with Crippen molar-refractivity contribution in [1.29, 1.82) is 0 Å². The SMILES string of the molecule is CCOC(=O)CCCCCn1cnc([N+](=O)[O-])n1. The highest BCUT2D eigenvalue weighted by atomic mass is 16.6. The second kappa shape index (κ2) is 7.36. The van der Waals surface area contributed by atoms with Gasteiger partial charge in [-0.3, -0.25) is 4.79 Å². The maximum absolute atomic E-state index is 11.0. The van der Waals surface area contributed by atoms with Crippen LogP contribution in [0.3, 0.4) is 0 Å². The highest BCUT2D eigenvalue weighted by molar-refractivity contribution is 5.69. The first-order chi connectivity index (χ1) is 8.63. The summed E-state index contributed by atoms with van der Waals surface area (Å²) < 4.78 is 6.23. The van der Waals surface area contributed by atoms with E-state index in [1.54, 1.807) is 6.92 Å². The maximum Gasteiger partial charge on any atom is 0.490 e. The molecule has 0 amide bonds. The fraction of sp³-hybridized carbons (Fsp3) is 0.700. The average molecular weight is 256 g/mol. The number of nitrogens with zero attached hydrogens (tertiary/aromatic N) is 4. The molecule has 1 rings (SSSR count). The van der Waals surface area contributed by atoms with Gasteiger partial charge in [-0.25, -0.2) is 0 Å². The predicted octanol–water partition coefficient (Wildman–Crippen LogP) is 1.31. The zero-order valence-corrected chi connectivity index (χ0v) is 10.2. The Morgan fingerprint density at radius 2 is 2.28 bits per heavy atom. The molecular formula is C10H16N4O4. The van der Waals surface area contributed by atoms with Crippen LogP contribution in [0.1, 0.15) is 32.6 Å². The van der Waals surface area contributed by atoms with E-state index in [2.05, 4.69) is 10.1 Å². The van der Waals surface area contributed by atoms with Crippen LogP contribution < -0.4 is 0 Å². The summed E-state index contributed by atoms with van der Waals surface area (Å²) in [6.07, 6.45) is 4.12. The summed E-state index contributed by atoms with van der Waals surface area (Å²) in [5, 5.41) is 14.0. The molecule has 1 aromatic heterocycles. The fourth-order valence-electron chi connectivity index (χ4n) is 1.43. The molecule has 0 atom stereocenters. The molecule has 8 heteroatoms. The van der Waals surface area contributed by atoms with Gasteiger partial charge in [-0.1, -0.05) is 11.4 Å². The first-order valence-corrected chi connectivity index (χ1v) is 5.83. The van der Waals surface area contributed by atoms with Crippen LogP contribution in [0, 0.1) is 10.1 Å². The third-order valence-electron chi connectivity index (χ3n) is 2.26. The van der Waals surface area contributed by atoms with Crippen molar-refractivity contribution in [3.8, 4) is 0 Å². The highest BCUT2D eigenvalue weighted by Gasteiger charge is 2.12. The lowest BCUT2D eigenvalue weighted by molar-refractivity contribution is -0.394. The Balaban J connectivity index is 2.14. The van der Waals surface area contributed by atoms with E-state index < -0.39 is 4.92 Å². The first-order valence-electron chi connectivity index (χ1n) is 5.83. The monoisotopic (exact) mass is 256 g/mol. The van der Waals surface area contributed by atoms with Crippen LogP contribution in [-0.2, 0) is 16.1 Å². The average Bonchev–Trinajstić information content (AvgIpc) is 2.78. The number of carbonyl (C=O) groups excluding carboxylic acids is 1. The van der Waals surface area contributed by atoms with Crippen LogP contribution in [0.5, 0.6) is 0 Å². The summed E-state index contributed by atoms with van der Waals surface area (Å²) in [6.45, 7) is 2.74. The van der Waals surface area contributed by atoms with Gasteiger partial charge in [-0.15, -0.1) is 0 Å². The Hall–Kier alpha value is -1.99. The van der Waals surface area contributed by atoms with Crippen LogP contribution >= 0.6 is 0 Å². The van der Waals surface area contributed by atoms with E-state index in [4.69, 9.17) is 4.74 Å². The number of hydrogen-bond donors (Lipinski definition) is 0. The third kappa shape index (κ3) is 4.89. The van der Waals surface area contributed by atoms with Gasteiger partial charge in [0, 0.05) is 11.5 Å². The lowest BCUT2D eigenvalue weighted by atomic mass is 10.2. The van der Waals surface area contributed by atoms with Crippen molar-refractivity contribution >= 4 is 11.9 Å². The van der Waals surface area contributed by atoms with Gasteiger partial charge in [0.2, 0.25) is 6.33 Å². The minimum absolute atomic E-state index is 0.186. The topological polar surface area (TPSA) is 100 Å². The molecule has 0 saturated carbocycles. The molecule has 0 saturated heterocycles. The van der Waals surface area contributed by atoms with Gasteiger partial charge in [0.1, 0.15) is 0 Å². The van der Waals surface area contributed by atoms with E-state index in [1.165, 1.54) is 11.0 Å². The van der Waals surface area contributed by atoms with Gasteiger partial charge in [-0.2, -0.15) is 4.68 Å². The number of rotatable bonds is 8. The zero-order chi connectivity index (χ0) is 13.4. The second-order valence-corrected chi connectivity index (χ2v) is 3.68. The summed E-state index contributed by atoms with van der Waals surface area (Å²) in [5.41, 5.74) is 0. The molecule has 8 nitrogen and oxygen atoms in total. The molecular weight excluding hydrogens is 240 g/mol. The van der Waals surface area contributed by atoms with Gasteiger partial charge < -0.3 is 14.9 Å². The standard InChI is InChI=1S/C10H16N4O4/c1-2-18-9(15)6-4-3-5-7-13-8-11-10(12-13)14(16)17/h8H,2-7H2,1H3. The van der Waals surface area contributed by atoms with Gasteiger partial charge in [0.05, 0.1) is 13.2 Å². The Kier molecular flexibility index (Phi) is 5.75. The molecule has 0 aromatic carbocycles. The lowest BCUT2D eigenvalue weighted by Gasteiger charge is -2.01. The molecule has 100 valence electrons. The Bertz CT molecular complexity index is 404. The van der Waals surface area contributed by atoms with E-state index >= 15 is 0 Å². The molecule has 0 N–H and O–H groups in total. The van der Waals surface area contributed by atoms with Crippen molar-refractivity contribution in [1.82, 2.24) is 14.8 Å². The normalized spacial score (nSPS) is 10.3. The molecule has 0 radical (unpaired) electrons. The number of aromatic nitrogens is 3. The van der Waals surface area contributed by atoms with Crippen LogP contribution in [0.15, 0.2) is 6.33 Å². The summed E-state index contributed by atoms with van der Waals surface area (Å²) >= 11 is 0. The molecule has 0 aliphatic heterocycles. The Labute approximate surface area is 104 Å². The largest absolute Gasteiger partial charge is 0.490 e. The van der Waals surface area contributed by atoms with Gasteiger partial charge in [0.15, 0.2) is 0 Å². The summed E-state index contributed by atoms with van der Waals surface area (Å²) in [6, 6.07) is 0. The number of hydrogen-bond acceptors (Lipinski definition) is 6. The van der Waals surface area contributed by atoms with E-state index in [1.807, 2.05) is 0 Å². The number of nitro groups is 1. The molecule has 1 aromatic rings. The minimum Gasteiger partial charge on any atom is -0.466 e.